The molecule has 0 amide bonds. The molecule has 0 aliphatic carbocycles. The monoisotopic (exact) mass is 343 g/mol. The van der Waals surface area contributed by atoms with Gasteiger partial charge in [0, 0.05) is 6.07 Å². The van der Waals surface area contributed by atoms with Gasteiger partial charge in [-0.15, -0.1) is 0 Å². The van der Waals surface area contributed by atoms with Crippen LogP contribution in [0.15, 0.2) is 57.1 Å². The number of carbonyl (C=O) groups excluding carboxylic acids is 1. The maximum Gasteiger partial charge on any atom is 0.340 e. The van der Waals surface area contributed by atoms with E-state index in [-0.39, 0.29) is 35.3 Å². The first-order valence-electron chi connectivity index (χ1n) is 7.74. The molecule has 2 aromatic rings. The van der Waals surface area contributed by atoms with Crippen molar-refractivity contribution in [3.8, 4) is 5.75 Å². The first kappa shape index (κ1) is 16.8. The molecule has 7 heteroatoms. The molecule has 1 aliphatic heterocycles. The minimum Gasteiger partial charge on any atom is -0.462 e. The van der Waals surface area contributed by atoms with Gasteiger partial charge in [-0.3, -0.25) is 4.79 Å². The zero-order valence-corrected chi connectivity index (χ0v) is 13.5. The molecule has 1 aliphatic rings. The number of fused-ring (bicyclic) bond motifs is 1. The number of esters is 1. The van der Waals surface area contributed by atoms with Crippen molar-refractivity contribution in [3.05, 3.63) is 75.2 Å². The van der Waals surface area contributed by atoms with Gasteiger partial charge in [0.25, 0.3) is 0 Å². The lowest BCUT2D eigenvalue weighted by Gasteiger charge is -2.26. The lowest BCUT2D eigenvalue weighted by atomic mass is 9.87. The summed E-state index contributed by atoms with van der Waals surface area (Å²) < 4.78 is 16.1. The maximum atomic E-state index is 12.4. The number of hydrogen-bond acceptors (Lipinski definition) is 7. The average Bonchev–Trinajstić information content (AvgIpc) is 2.62. The predicted octanol–water partition coefficient (Wildman–Crippen LogP) is 1.39. The van der Waals surface area contributed by atoms with Gasteiger partial charge in [-0.05, 0) is 12.5 Å². The van der Waals surface area contributed by atoms with Crippen LogP contribution in [0.4, 0.5) is 0 Å². The Morgan fingerprint density at radius 3 is 2.68 bits per heavy atom. The van der Waals surface area contributed by atoms with Crippen molar-refractivity contribution in [3.63, 3.8) is 0 Å². The number of rotatable bonds is 4. The van der Waals surface area contributed by atoms with Crippen LogP contribution in [0.5, 0.6) is 5.75 Å². The Hall–Kier alpha value is -3.06. The number of nitrogens with two attached hydrogens (primary N) is 1. The third-order valence-corrected chi connectivity index (χ3v) is 3.79. The Balaban J connectivity index is 2.26. The smallest absolute Gasteiger partial charge is 0.340 e. The lowest BCUT2D eigenvalue weighted by molar-refractivity contribution is -0.139. The van der Waals surface area contributed by atoms with Crippen molar-refractivity contribution in [1.82, 2.24) is 0 Å². The molecule has 0 spiro atoms. The largest absolute Gasteiger partial charge is 0.462 e. The molecule has 1 atom stereocenters. The molecule has 0 saturated heterocycles. The van der Waals surface area contributed by atoms with Crippen LogP contribution in [0, 0.1) is 0 Å². The van der Waals surface area contributed by atoms with Crippen LogP contribution in [0.25, 0.3) is 0 Å². The van der Waals surface area contributed by atoms with Crippen molar-refractivity contribution in [2.45, 2.75) is 19.4 Å². The molecule has 0 bridgehead atoms. The van der Waals surface area contributed by atoms with Crippen LogP contribution in [0.3, 0.4) is 0 Å². The van der Waals surface area contributed by atoms with Crippen LogP contribution in [-0.2, 0) is 16.1 Å². The topological polar surface area (TPSA) is 112 Å². The summed E-state index contributed by atoms with van der Waals surface area (Å²) in [4.78, 5) is 24.7. The number of hydrogen-bond donors (Lipinski definition) is 2. The maximum absolute atomic E-state index is 12.4. The summed E-state index contributed by atoms with van der Waals surface area (Å²) >= 11 is 0. The molecule has 130 valence electrons. The third-order valence-electron chi connectivity index (χ3n) is 3.79. The zero-order valence-electron chi connectivity index (χ0n) is 13.5. The van der Waals surface area contributed by atoms with Crippen LogP contribution in [0.2, 0.25) is 0 Å². The van der Waals surface area contributed by atoms with Gasteiger partial charge in [0.05, 0.1) is 12.5 Å². The van der Waals surface area contributed by atoms with Crippen LogP contribution < -0.4 is 15.9 Å². The van der Waals surface area contributed by atoms with E-state index < -0.39 is 23.9 Å². The van der Waals surface area contributed by atoms with E-state index in [1.165, 1.54) is 0 Å². The van der Waals surface area contributed by atoms with Gasteiger partial charge >= 0.3 is 5.97 Å². The Morgan fingerprint density at radius 1 is 1.32 bits per heavy atom. The highest BCUT2D eigenvalue weighted by Gasteiger charge is 2.39. The van der Waals surface area contributed by atoms with E-state index in [0.29, 0.717) is 5.56 Å². The number of ether oxygens (including phenoxy) is 2. The minimum absolute atomic E-state index is 0.0544. The van der Waals surface area contributed by atoms with E-state index >= 15 is 0 Å². The third kappa shape index (κ3) is 3.01. The molecule has 3 N–H and O–H groups in total. The Kier molecular flexibility index (Phi) is 4.58. The molecule has 25 heavy (non-hydrogen) atoms. The van der Waals surface area contributed by atoms with Crippen LogP contribution in [-0.4, -0.2) is 17.7 Å². The van der Waals surface area contributed by atoms with Gasteiger partial charge in [0.2, 0.25) is 17.1 Å². The fourth-order valence-electron chi connectivity index (χ4n) is 2.75. The molecule has 2 heterocycles. The second-order valence-electron chi connectivity index (χ2n) is 5.37. The summed E-state index contributed by atoms with van der Waals surface area (Å²) in [6, 6.07) is 10.1. The highest BCUT2D eigenvalue weighted by molar-refractivity contribution is 5.92. The van der Waals surface area contributed by atoms with Crippen LogP contribution in [0.1, 0.15) is 29.9 Å². The molecule has 0 unspecified atom stereocenters. The Morgan fingerprint density at radius 2 is 2.04 bits per heavy atom. The van der Waals surface area contributed by atoms with E-state index in [0.717, 1.165) is 6.07 Å². The van der Waals surface area contributed by atoms with Gasteiger partial charge < -0.3 is 24.7 Å². The average molecular weight is 343 g/mol. The van der Waals surface area contributed by atoms with Gasteiger partial charge in [-0.2, -0.15) is 0 Å². The standard InChI is InChI=1S/C18H17NO6/c1-2-23-18(22)14-13(10-6-4-3-5-7-10)16-15(25-17(14)19)12(21)8-11(9-20)24-16/h3-8,13,20H,2,9,19H2,1H3/t13-/m0/s1. The van der Waals surface area contributed by atoms with Crippen molar-refractivity contribution in [2.75, 3.05) is 6.61 Å². The van der Waals surface area contributed by atoms with Crippen molar-refractivity contribution < 1.29 is 23.8 Å². The van der Waals surface area contributed by atoms with E-state index in [2.05, 4.69) is 0 Å². The SMILES string of the molecule is CCOC(=O)C1=C(N)Oc2c(oc(CO)cc2=O)[C@H]1c1ccccc1. The Labute approximate surface area is 143 Å². The number of carbonyl (C=O) groups is 1. The van der Waals surface area contributed by atoms with E-state index in [1.807, 2.05) is 6.07 Å². The lowest BCUT2D eigenvalue weighted by Crippen LogP contribution is -2.30. The van der Waals surface area contributed by atoms with E-state index in [4.69, 9.17) is 19.6 Å². The second kappa shape index (κ2) is 6.82. The molecular formula is C18H17NO6. The highest BCUT2D eigenvalue weighted by atomic mass is 16.5. The molecule has 0 radical (unpaired) electrons. The van der Waals surface area contributed by atoms with Crippen molar-refractivity contribution >= 4 is 5.97 Å². The first-order valence-corrected chi connectivity index (χ1v) is 7.74. The molecule has 1 aromatic heterocycles. The highest BCUT2D eigenvalue weighted by Crippen LogP contribution is 2.41. The van der Waals surface area contributed by atoms with Gasteiger partial charge in [0.1, 0.15) is 17.9 Å². The van der Waals surface area contributed by atoms with Crippen LogP contribution >= 0.6 is 0 Å². The predicted molar refractivity (Wildman–Crippen MR) is 87.7 cm³/mol. The molecular weight excluding hydrogens is 326 g/mol. The summed E-state index contributed by atoms with van der Waals surface area (Å²) in [6.45, 7) is 1.37. The fraction of sp³-hybridized carbons (Fsp3) is 0.222. The van der Waals surface area contributed by atoms with Gasteiger partial charge in [-0.1, -0.05) is 30.3 Å². The quantitative estimate of drug-likeness (QED) is 0.807. The zero-order chi connectivity index (χ0) is 18.0. The summed E-state index contributed by atoms with van der Waals surface area (Å²) in [5.41, 5.74) is 6.16. The fourth-order valence-corrected chi connectivity index (χ4v) is 2.75. The Bertz CT molecular complexity index is 884. The first-order chi connectivity index (χ1) is 12.1. The molecule has 0 fully saturated rings. The summed E-state index contributed by atoms with van der Waals surface area (Å²) in [5, 5.41) is 9.33. The molecule has 3 rings (SSSR count). The second-order valence-corrected chi connectivity index (χ2v) is 5.37. The van der Waals surface area contributed by atoms with Gasteiger partial charge in [0.15, 0.2) is 5.76 Å². The summed E-state index contributed by atoms with van der Waals surface area (Å²) in [5.74, 6) is -1.56. The summed E-state index contributed by atoms with van der Waals surface area (Å²) in [7, 11) is 0. The number of aliphatic hydroxyl groups is 1. The molecule has 1 aromatic carbocycles. The van der Waals surface area contributed by atoms with E-state index in [9.17, 15) is 14.7 Å². The van der Waals surface area contributed by atoms with Crippen molar-refractivity contribution in [1.29, 1.82) is 0 Å². The number of aliphatic hydroxyl groups excluding tert-OH is 1. The minimum atomic E-state index is -0.775. The van der Waals surface area contributed by atoms with Crippen molar-refractivity contribution in [2.24, 2.45) is 5.73 Å². The molecule has 0 saturated carbocycles. The molecule has 7 nitrogen and oxygen atoms in total. The normalized spacial score (nSPS) is 16.2. The number of benzene rings is 1. The van der Waals surface area contributed by atoms with E-state index in [1.54, 1.807) is 31.2 Å². The van der Waals surface area contributed by atoms with Gasteiger partial charge in [-0.25, -0.2) is 4.79 Å². The summed E-state index contributed by atoms with van der Waals surface area (Å²) in [6.07, 6.45) is 0.